The highest BCUT2D eigenvalue weighted by Gasteiger charge is 2.19. The second-order valence-corrected chi connectivity index (χ2v) is 6.91. The summed E-state index contributed by atoms with van der Waals surface area (Å²) in [6.07, 6.45) is 0. The number of ether oxygens (including phenoxy) is 1. The maximum Gasteiger partial charge on any atom is 0.222 e. The summed E-state index contributed by atoms with van der Waals surface area (Å²) >= 11 is 0. The van der Waals surface area contributed by atoms with E-state index < -0.39 is 0 Å². The monoisotopic (exact) mass is 503 g/mol. The number of rotatable bonds is 8. The maximum atomic E-state index is 11.6. The topological polar surface area (TPSA) is 69.2 Å². The quantitative estimate of drug-likeness (QED) is 0.245. The van der Waals surface area contributed by atoms with Crippen LogP contribution in [0.25, 0.3) is 0 Å². The van der Waals surface area contributed by atoms with Crippen LogP contribution in [0.1, 0.15) is 13.8 Å². The fraction of sp³-hybridized carbons (Fsp3) is 0.600. The van der Waals surface area contributed by atoms with Gasteiger partial charge in [-0.05, 0) is 12.1 Å². The molecule has 0 aromatic heterocycles. The minimum absolute atomic E-state index is 0. The van der Waals surface area contributed by atoms with Gasteiger partial charge in [-0.15, -0.1) is 24.0 Å². The highest BCUT2D eigenvalue weighted by atomic mass is 127. The Balaban J connectivity index is 0.00000392. The van der Waals surface area contributed by atoms with Crippen LogP contribution in [0.15, 0.2) is 35.3 Å². The van der Waals surface area contributed by atoms with Crippen LogP contribution in [0.3, 0.4) is 0 Å². The minimum Gasteiger partial charge on any atom is -0.492 e. The number of halogens is 1. The SMILES string of the molecule is CN=C(NCCNC(=O)C(C)C)N1CCN(CCOc2ccccc2)CC1.I. The predicted octanol–water partition coefficient (Wildman–Crippen LogP) is 1.65. The van der Waals surface area contributed by atoms with Crippen molar-refractivity contribution < 1.29 is 9.53 Å². The lowest BCUT2D eigenvalue weighted by Gasteiger charge is -2.36. The Morgan fingerprint density at radius 3 is 2.36 bits per heavy atom. The van der Waals surface area contributed by atoms with E-state index in [-0.39, 0.29) is 35.8 Å². The first-order chi connectivity index (χ1) is 13.1. The van der Waals surface area contributed by atoms with Gasteiger partial charge in [-0.3, -0.25) is 14.7 Å². The summed E-state index contributed by atoms with van der Waals surface area (Å²) in [5, 5.41) is 6.24. The summed E-state index contributed by atoms with van der Waals surface area (Å²) in [5.41, 5.74) is 0. The van der Waals surface area contributed by atoms with E-state index in [1.807, 2.05) is 44.2 Å². The summed E-state index contributed by atoms with van der Waals surface area (Å²) < 4.78 is 5.78. The van der Waals surface area contributed by atoms with Gasteiger partial charge in [0.15, 0.2) is 5.96 Å². The molecule has 1 saturated heterocycles. The highest BCUT2D eigenvalue weighted by molar-refractivity contribution is 14.0. The number of amides is 1. The Morgan fingerprint density at radius 1 is 1.11 bits per heavy atom. The van der Waals surface area contributed by atoms with Crippen LogP contribution in [0, 0.1) is 5.92 Å². The smallest absolute Gasteiger partial charge is 0.222 e. The minimum atomic E-state index is 0. The summed E-state index contributed by atoms with van der Waals surface area (Å²) in [5.74, 6) is 1.92. The molecular formula is C20H34IN5O2. The van der Waals surface area contributed by atoms with Crippen molar-refractivity contribution in [3.63, 3.8) is 0 Å². The summed E-state index contributed by atoms with van der Waals surface area (Å²) in [6.45, 7) is 10.5. The molecule has 8 heteroatoms. The van der Waals surface area contributed by atoms with Crippen molar-refractivity contribution in [2.45, 2.75) is 13.8 Å². The van der Waals surface area contributed by atoms with E-state index in [0.29, 0.717) is 19.7 Å². The number of aliphatic imine (C=N–C) groups is 1. The molecule has 158 valence electrons. The number of carbonyl (C=O) groups is 1. The van der Waals surface area contributed by atoms with Crippen molar-refractivity contribution >= 4 is 35.8 Å². The summed E-state index contributed by atoms with van der Waals surface area (Å²) in [4.78, 5) is 20.6. The molecule has 28 heavy (non-hydrogen) atoms. The van der Waals surface area contributed by atoms with Crippen LogP contribution >= 0.6 is 24.0 Å². The van der Waals surface area contributed by atoms with Gasteiger partial charge in [0, 0.05) is 58.8 Å². The lowest BCUT2D eigenvalue weighted by Crippen LogP contribution is -2.53. The van der Waals surface area contributed by atoms with Gasteiger partial charge in [-0.2, -0.15) is 0 Å². The Hall–Kier alpha value is -1.55. The van der Waals surface area contributed by atoms with Gasteiger partial charge >= 0.3 is 0 Å². The van der Waals surface area contributed by atoms with E-state index >= 15 is 0 Å². The van der Waals surface area contributed by atoms with E-state index in [4.69, 9.17) is 4.74 Å². The molecule has 1 aliphatic heterocycles. The predicted molar refractivity (Wildman–Crippen MR) is 125 cm³/mol. The standard InChI is InChI=1S/C20H33N5O2.HI/c1-17(2)19(26)22-9-10-23-20(21-3)25-13-11-24(12-14-25)15-16-27-18-7-5-4-6-8-18;/h4-8,17H,9-16H2,1-3H3,(H,21,23)(H,22,26);1H. The largest absolute Gasteiger partial charge is 0.492 e. The molecule has 1 aromatic rings. The first-order valence-electron chi connectivity index (χ1n) is 9.73. The molecule has 0 saturated carbocycles. The number of carbonyl (C=O) groups excluding carboxylic acids is 1. The van der Waals surface area contributed by atoms with Crippen LogP contribution in [0.4, 0.5) is 0 Å². The van der Waals surface area contributed by atoms with E-state index in [1.54, 1.807) is 7.05 Å². The second kappa shape index (κ2) is 13.6. The number of hydrogen-bond donors (Lipinski definition) is 2. The van der Waals surface area contributed by atoms with Gasteiger partial charge in [-0.25, -0.2) is 0 Å². The fourth-order valence-corrected chi connectivity index (χ4v) is 2.89. The summed E-state index contributed by atoms with van der Waals surface area (Å²) in [7, 11) is 1.80. The number of benzene rings is 1. The van der Waals surface area contributed by atoms with Crippen molar-refractivity contribution in [2.75, 3.05) is 59.5 Å². The molecule has 1 aromatic carbocycles. The van der Waals surface area contributed by atoms with Crippen molar-refractivity contribution in [1.29, 1.82) is 0 Å². The van der Waals surface area contributed by atoms with Crippen molar-refractivity contribution in [3.8, 4) is 5.75 Å². The zero-order valence-corrected chi connectivity index (χ0v) is 19.5. The van der Waals surface area contributed by atoms with E-state index in [1.165, 1.54) is 0 Å². The van der Waals surface area contributed by atoms with Gasteiger partial charge in [0.25, 0.3) is 0 Å². The zero-order chi connectivity index (χ0) is 19.5. The second-order valence-electron chi connectivity index (χ2n) is 6.91. The molecule has 1 fully saturated rings. The van der Waals surface area contributed by atoms with Crippen LogP contribution in [0.5, 0.6) is 5.75 Å². The molecule has 1 amide bonds. The number of guanidine groups is 1. The molecular weight excluding hydrogens is 469 g/mol. The third-order valence-corrected chi connectivity index (χ3v) is 4.53. The van der Waals surface area contributed by atoms with Crippen LogP contribution in [-0.4, -0.2) is 81.1 Å². The summed E-state index contributed by atoms with van der Waals surface area (Å²) in [6, 6.07) is 9.93. The van der Waals surface area contributed by atoms with Crippen LogP contribution < -0.4 is 15.4 Å². The van der Waals surface area contributed by atoms with Crippen LogP contribution in [-0.2, 0) is 4.79 Å². The zero-order valence-electron chi connectivity index (χ0n) is 17.2. The van der Waals surface area contributed by atoms with E-state index in [2.05, 4.69) is 25.4 Å². The molecule has 0 aliphatic carbocycles. The maximum absolute atomic E-state index is 11.6. The van der Waals surface area contributed by atoms with Crippen molar-refractivity contribution in [2.24, 2.45) is 10.9 Å². The van der Waals surface area contributed by atoms with Gasteiger partial charge in [-0.1, -0.05) is 32.0 Å². The van der Waals surface area contributed by atoms with Gasteiger partial charge in [0.1, 0.15) is 12.4 Å². The van der Waals surface area contributed by atoms with Gasteiger partial charge in [0.05, 0.1) is 0 Å². The number of para-hydroxylation sites is 1. The highest BCUT2D eigenvalue weighted by Crippen LogP contribution is 2.08. The Kier molecular flexibility index (Phi) is 11.9. The Labute approximate surface area is 185 Å². The Morgan fingerprint density at radius 2 is 1.75 bits per heavy atom. The fourth-order valence-electron chi connectivity index (χ4n) is 2.89. The third-order valence-electron chi connectivity index (χ3n) is 4.53. The molecule has 0 bridgehead atoms. The first kappa shape index (κ1) is 24.5. The molecule has 1 aliphatic rings. The normalized spacial score (nSPS) is 15.1. The molecule has 0 atom stereocenters. The van der Waals surface area contributed by atoms with Gasteiger partial charge < -0.3 is 20.3 Å². The number of hydrogen-bond acceptors (Lipinski definition) is 4. The number of nitrogens with zero attached hydrogens (tertiary/aromatic N) is 3. The average molecular weight is 503 g/mol. The molecule has 2 N–H and O–H groups in total. The van der Waals surface area contributed by atoms with Crippen molar-refractivity contribution in [3.05, 3.63) is 30.3 Å². The average Bonchev–Trinajstić information content (AvgIpc) is 2.69. The van der Waals surface area contributed by atoms with Crippen LogP contribution in [0.2, 0.25) is 0 Å². The van der Waals surface area contributed by atoms with E-state index in [0.717, 1.165) is 44.4 Å². The molecule has 0 unspecified atom stereocenters. The molecule has 2 rings (SSSR count). The molecule has 0 spiro atoms. The van der Waals surface area contributed by atoms with E-state index in [9.17, 15) is 4.79 Å². The lowest BCUT2D eigenvalue weighted by molar-refractivity contribution is -0.123. The van der Waals surface area contributed by atoms with Crippen molar-refractivity contribution in [1.82, 2.24) is 20.4 Å². The molecule has 0 radical (unpaired) electrons. The molecule has 1 heterocycles. The third kappa shape index (κ3) is 8.64. The van der Waals surface area contributed by atoms with Gasteiger partial charge in [0.2, 0.25) is 5.91 Å². The Bertz CT molecular complexity index is 590. The first-order valence-corrected chi connectivity index (χ1v) is 9.73. The lowest BCUT2D eigenvalue weighted by atomic mass is 10.2. The molecule has 7 nitrogen and oxygen atoms in total. The number of nitrogens with one attached hydrogen (secondary N) is 2. The number of piperazine rings is 1.